The molecule has 9 nitrogen and oxygen atoms in total. The van der Waals surface area contributed by atoms with Gasteiger partial charge in [-0.2, -0.15) is 0 Å². The Bertz CT molecular complexity index is 1360. The number of aromatic nitrogens is 2. The van der Waals surface area contributed by atoms with Crippen molar-refractivity contribution in [1.82, 2.24) is 15.3 Å². The minimum absolute atomic E-state index is 0.0667. The van der Waals surface area contributed by atoms with Gasteiger partial charge in [0, 0.05) is 47.1 Å². The van der Waals surface area contributed by atoms with E-state index in [1.807, 2.05) is 19.1 Å². The molecule has 4 N–H and O–H groups in total. The van der Waals surface area contributed by atoms with Crippen LogP contribution in [0.25, 0.3) is 0 Å². The largest absolute Gasteiger partial charge is 0.497 e. The maximum absolute atomic E-state index is 13.3. The number of hydrogen-bond donors (Lipinski definition) is 4. The molecule has 3 aromatic rings. The van der Waals surface area contributed by atoms with Crippen LogP contribution in [0.4, 0.5) is 5.13 Å². The van der Waals surface area contributed by atoms with Crippen molar-refractivity contribution in [1.29, 1.82) is 0 Å². The highest BCUT2D eigenvalue weighted by Crippen LogP contribution is 2.62. The number of amides is 2. The van der Waals surface area contributed by atoms with Crippen molar-refractivity contribution in [3.8, 4) is 5.75 Å². The van der Waals surface area contributed by atoms with E-state index in [-0.39, 0.29) is 42.1 Å². The number of aliphatic hydroxyl groups is 2. The van der Waals surface area contributed by atoms with Crippen molar-refractivity contribution in [2.45, 2.75) is 58.1 Å². The van der Waals surface area contributed by atoms with Gasteiger partial charge in [0.05, 0.1) is 25.5 Å². The summed E-state index contributed by atoms with van der Waals surface area (Å²) < 4.78 is 5.18. The first-order valence-corrected chi connectivity index (χ1v) is 14.4. The number of carbonyl (C=O) groups is 2. The molecule has 10 heteroatoms. The quantitative estimate of drug-likeness (QED) is 0.326. The lowest BCUT2D eigenvalue weighted by Crippen LogP contribution is -2.57. The van der Waals surface area contributed by atoms with Crippen molar-refractivity contribution in [2.24, 2.45) is 16.7 Å². The molecule has 0 radical (unpaired) electrons. The van der Waals surface area contributed by atoms with Crippen LogP contribution in [0.5, 0.6) is 5.75 Å². The van der Waals surface area contributed by atoms with E-state index in [0.717, 1.165) is 16.1 Å². The van der Waals surface area contributed by atoms with Gasteiger partial charge in [0.25, 0.3) is 5.91 Å². The van der Waals surface area contributed by atoms with E-state index in [1.54, 1.807) is 43.8 Å². The highest BCUT2D eigenvalue weighted by Gasteiger charge is 2.59. The molecule has 1 fully saturated rings. The molecule has 1 saturated carbocycles. The van der Waals surface area contributed by atoms with Gasteiger partial charge >= 0.3 is 0 Å². The summed E-state index contributed by atoms with van der Waals surface area (Å²) in [6, 6.07) is 10.6. The zero-order valence-electron chi connectivity index (χ0n) is 23.0. The molecule has 0 bridgehead atoms. The number of ether oxygens (including phenoxy) is 1. The molecule has 5 unspecified atom stereocenters. The van der Waals surface area contributed by atoms with Gasteiger partial charge in [0.1, 0.15) is 5.75 Å². The Morgan fingerprint density at radius 2 is 1.98 bits per heavy atom. The van der Waals surface area contributed by atoms with Gasteiger partial charge < -0.3 is 20.3 Å². The molecule has 5 rings (SSSR count). The Balaban J connectivity index is 1.44. The minimum atomic E-state index is -0.717. The average Bonchev–Trinajstić information content (AvgIpc) is 3.37. The molecule has 0 aliphatic heterocycles. The fourth-order valence-electron chi connectivity index (χ4n) is 6.57. The molecule has 0 saturated heterocycles. The SMILES string of the molecule is COc1ccc(C(=O)Nc2nc3c(s2)CC2C(C)(CO)C(O)CCC2(C)C3CC(=O)NCc2cccnc2)cc1. The first-order chi connectivity index (χ1) is 19.2. The van der Waals surface area contributed by atoms with Crippen LogP contribution in [0.1, 0.15) is 65.5 Å². The Morgan fingerprint density at radius 3 is 2.65 bits per heavy atom. The number of carbonyl (C=O) groups excluding carboxylic acids is 2. The van der Waals surface area contributed by atoms with Gasteiger partial charge in [-0.3, -0.25) is 19.9 Å². The molecule has 2 heterocycles. The lowest BCUT2D eigenvalue weighted by Gasteiger charge is -2.58. The zero-order valence-corrected chi connectivity index (χ0v) is 23.8. The van der Waals surface area contributed by atoms with Gasteiger partial charge in [-0.15, -0.1) is 11.3 Å². The maximum Gasteiger partial charge on any atom is 0.257 e. The highest BCUT2D eigenvalue weighted by atomic mass is 32.1. The molecular formula is C30H36N4O5S. The summed E-state index contributed by atoms with van der Waals surface area (Å²) in [6.45, 7) is 4.33. The third kappa shape index (κ3) is 5.23. The molecule has 5 atom stereocenters. The normalized spacial score (nSPS) is 27.3. The van der Waals surface area contributed by atoms with Crippen molar-refractivity contribution in [2.75, 3.05) is 19.0 Å². The molecule has 2 aromatic heterocycles. The molecule has 2 aliphatic carbocycles. The summed E-state index contributed by atoms with van der Waals surface area (Å²) in [4.78, 5) is 36.3. The second-order valence-corrected chi connectivity index (χ2v) is 12.5. The minimum Gasteiger partial charge on any atom is -0.497 e. The number of thiazole rings is 1. The van der Waals surface area contributed by atoms with Crippen LogP contribution >= 0.6 is 11.3 Å². The fraction of sp³-hybridized carbons (Fsp3) is 0.467. The first-order valence-electron chi connectivity index (χ1n) is 13.6. The number of rotatable bonds is 8. The predicted molar refractivity (Wildman–Crippen MR) is 152 cm³/mol. The monoisotopic (exact) mass is 564 g/mol. The van der Waals surface area contributed by atoms with Crippen molar-refractivity contribution < 1.29 is 24.5 Å². The zero-order chi connectivity index (χ0) is 28.5. The Hall–Kier alpha value is -3.34. The van der Waals surface area contributed by atoms with Crippen molar-refractivity contribution in [3.05, 3.63) is 70.5 Å². The van der Waals surface area contributed by atoms with Crippen molar-refractivity contribution in [3.63, 3.8) is 0 Å². The van der Waals surface area contributed by atoms with E-state index in [1.165, 1.54) is 11.3 Å². The molecule has 212 valence electrons. The Labute approximate surface area is 238 Å². The summed E-state index contributed by atoms with van der Waals surface area (Å²) in [5.74, 6) is -0.0238. The summed E-state index contributed by atoms with van der Waals surface area (Å²) in [5.41, 5.74) is 1.13. The van der Waals surface area contributed by atoms with E-state index in [9.17, 15) is 19.8 Å². The average molecular weight is 565 g/mol. The fourth-order valence-corrected chi connectivity index (χ4v) is 7.64. The molecule has 2 amide bonds. The molecule has 2 aliphatic rings. The van der Waals surface area contributed by atoms with Crippen molar-refractivity contribution >= 4 is 28.3 Å². The third-order valence-corrected chi connectivity index (χ3v) is 10.1. The standard InChI is InChI=1S/C30H36N4O5S/c1-29-11-10-24(36)30(2,17-35)23(29)14-22-26(21(29)13-25(37)32-16-18-5-4-12-31-15-18)33-28(40-22)34-27(38)19-6-8-20(39-3)9-7-19/h4-9,12,15,21,23-24,35-36H,10-11,13-14,16-17H2,1-3H3,(H,32,37)(H,33,34,38). The molecular weight excluding hydrogens is 528 g/mol. The number of nitrogens with one attached hydrogen (secondary N) is 2. The summed E-state index contributed by atoms with van der Waals surface area (Å²) in [7, 11) is 1.57. The van der Waals surface area contributed by atoms with Crippen LogP contribution in [0.3, 0.4) is 0 Å². The van der Waals surface area contributed by atoms with E-state index >= 15 is 0 Å². The number of pyridine rings is 1. The van der Waals surface area contributed by atoms with E-state index in [2.05, 4.69) is 22.5 Å². The third-order valence-electron chi connectivity index (χ3n) is 9.07. The number of fused-ring (bicyclic) bond motifs is 2. The Morgan fingerprint density at radius 1 is 1.20 bits per heavy atom. The van der Waals surface area contributed by atoms with E-state index in [0.29, 0.717) is 42.3 Å². The Kier molecular flexibility index (Phi) is 7.94. The molecule has 1 aromatic carbocycles. The van der Waals surface area contributed by atoms with Crippen LogP contribution < -0.4 is 15.4 Å². The maximum atomic E-state index is 13.3. The summed E-state index contributed by atoms with van der Waals surface area (Å²) in [5, 5.41) is 27.9. The summed E-state index contributed by atoms with van der Waals surface area (Å²) >= 11 is 1.40. The number of benzene rings is 1. The van der Waals surface area contributed by atoms with Crippen LogP contribution in [0, 0.1) is 16.7 Å². The molecule has 0 spiro atoms. The van der Waals surface area contributed by atoms with Gasteiger partial charge in [0.2, 0.25) is 5.91 Å². The second-order valence-electron chi connectivity index (χ2n) is 11.4. The van der Waals surface area contributed by atoms with Crippen LogP contribution in [-0.4, -0.2) is 51.8 Å². The number of methoxy groups -OCH3 is 1. The number of aliphatic hydroxyl groups excluding tert-OH is 2. The van der Waals surface area contributed by atoms with Crippen LogP contribution in [-0.2, 0) is 17.8 Å². The smallest absolute Gasteiger partial charge is 0.257 e. The summed E-state index contributed by atoms with van der Waals surface area (Å²) in [6.07, 6.45) is 4.86. The van der Waals surface area contributed by atoms with Gasteiger partial charge in [-0.25, -0.2) is 4.98 Å². The van der Waals surface area contributed by atoms with Gasteiger partial charge in [-0.1, -0.05) is 19.9 Å². The topological polar surface area (TPSA) is 134 Å². The second kappa shape index (κ2) is 11.3. The number of nitrogens with zero attached hydrogens (tertiary/aromatic N) is 2. The number of anilines is 1. The predicted octanol–water partition coefficient (Wildman–Crippen LogP) is 3.92. The number of hydrogen-bond acceptors (Lipinski definition) is 8. The highest BCUT2D eigenvalue weighted by molar-refractivity contribution is 7.15. The lowest BCUT2D eigenvalue weighted by atomic mass is 9.47. The first kappa shape index (κ1) is 28.2. The van der Waals surface area contributed by atoms with E-state index < -0.39 is 11.5 Å². The van der Waals surface area contributed by atoms with Gasteiger partial charge in [0.15, 0.2) is 5.13 Å². The van der Waals surface area contributed by atoms with Crippen LogP contribution in [0.2, 0.25) is 0 Å². The van der Waals surface area contributed by atoms with E-state index in [4.69, 9.17) is 9.72 Å². The lowest BCUT2D eigenvalue weighted by molar-refractivity contribution is -0.144. The molecule has 40 heavy (non-hydrogen) atoms. The van der Waals surface area contributed by atoms with Crippen LogP contribution in [0.15, 0.2) is 48.8 Å². The van der Waals surface area contributed by atoms with Gasteiger partial charge in [-0.05, 0) is 66.5 Å².